The van der Waals surface area contributed by atoms with Gasteiger partial charge in [-0.1, -0.05) is 37.3 Å². The summed E-state index contributed by atoms with van der Waals surface area (Å²) in [6.45, 7) is 3.76. The molecule has 1 aliphatic heterocycles. The van der Waals surface area contributed by atoms with Crippen LogP contribution in [0.25, 0.3) is 6.08 Å². The summed E-state index contributed by atoms with van der Waals surface area (Å²) in [4.78, 5) is 38.4. The van der Waals surface area contributed by atoms with Gasteiger partial charge in [0, 0.05) is 30.3 Å². The van der Waals surface area contributed by atoms with Gasteiger partial charge in [-0.2, -0.15) is 0 Å². The molecule has 0 saturated carbocycles. The van der Waals surface area contributed by atoms with Crippen LogP contribution < -0.4 is 4.90 Å². The molecule has 2 aromatic rings. The molecule has 28 heavy (non-hydrogen) atoms. The van der Waals surface area contributed by atoms with E-state index in [-0.39, 0.29) is 22.8 Å². The lowest BCUT2D eigenvalue weighted by Crippen LogP contribution is -2.33. The van der Waals surface area contributed by atoms with Crippen LogP contribution in [0, 0.1) is 16.0 Å². The number of hydrogen-bond donors (Lipinski definition) is 0. The van der Waals surface area contributed by atoms with Gasteiger partial charge in [0.05, 0.1) is 10.5 Å². The molecular formula is C22H20N2O4. The molecule has 0 amide bonds. The normalized spacial score (nSPS) is 17.0. The van der Waals surface area contributed by atoms with Crippen molar-refractivity contribution in [3.05, 3.63) is 74.8 Å². The van der Waals surface area contributed by atoms with Crippen molar-refractivity contribution in [3.8, 4) is 0 Å². The second-order valence-corrected chi connectivity index (χ2v) is 7.44. The van der Waals surface area contributed by atoms with Crippen molar-refractivity contribution in [3.63, 3.8) is 0 Å². The predicted octanol–water partition coefficient (Wildman–Crippen LogP) is 4.29. The smallest absolute Gasteiger partial charge is 0.293 e. The largest absolute Gasteiger partial charge is 0.366 e. The minimum Gasteiger partial charge on any atom is -0.366 e. The average Bonchev–Trinajstić information content (AvgIpc) is 2.94. The summed E-state index contributed by atoms with van der Waals surface area (Å²) >= 11 is 0. The highest BCUT2D eigenvalue weighted by Crippen LogP contribution is 2.34. The molecule has 0 aromatic heterocycles. The number of rotatable bonds is 3. The average molecular weight is 376 g/mol. The fraction of sp³-hybridized carbons (Fsp3) is 0.273. The number of carbonyl (C=O) groups is 2. The summed E-state index contributed by atoms with van der Waals surface area (Å²) in [5.74, 6) is -0.0463. The number of fused-ring (bicyclic) bond motifs is 1. The fourth-order valence-corrected chi connectivity index (χ4v) is 3.86. The molecule has 142 valence electrons. The Kier molecular flexibility index (Phi) is 4.55. The standard InChI is InChI=1S/C22H20N2O4/c1-14-8-10-23(11-9-14)19-7-6-15(13-20(19)24(27)28)12-18-21(25)16-4-2-3-5-17(16)22(18)26/h2-7,12-14H,8-11H2,1H3. The zero-order valence-corrected chi connectivity index (χ0v) is 15.6. The van der Waals surface area contributed by atoms with Gasteiger partial charge in [0.1, 0.15) is 5.69 Å². The topological polar surface area (TPSA) is 80.5 Å². The van der Waals surface area contributed by atoms with Crippen molar-refractivity contribution in [1.29, 1.82) is 0 Å². The summed E-state index contributed by atoms with van der Waals surface area (Å²) in [6.07, 6.45) is 3.47. The molecule has 1 aliphatic carbocycles. The maximum atomic E-state index is 12.5. The summed E-state index contributed by atoms with van der Waals surface area (Å²) in [5.41, 5.74) is 1.88. The van der Waals surface area contributed by atoms with Gasteiger partial charge in [-0.3, -0.25) is 19.7 Å². The van der Waals surface area contributed by atoms with E-state index < -0.39 is 4.92 Å². The molecular weight excluding hydrogens is 356 g/mol. The Morgan fingerprint density at radius 2 is 1.64 bits per heavy atom. The van der Waals surface area contributed by atoms with Crippen molar-refractivity contribution in [2.75, 3.05) is 18.0 Å². The van der Waals surface area contributed by atoms with E-state index in [1.807, 2.05) is 4.90 Å². The molecule has 0 bridgehead atoms. The van der Waals surface area contributed by atoms with Crippen LogP contribution in [0.3, 0.4) is 0 Å². The number of piperidine rings is 1. The van der Waals surface area contributed by atoms with Crippen LogP contribution in [0.2, 0.25) is 0 Å². The minimum absolute atomic E-state index is 0.000637. The Hall–Kier alpha value is -3.28. The van der Waals surface area contributed by atoms with E-state index in [4.69, 9.17) is 0 Å². The summed E-state index contributed by atoms with van der Waals surface area (Å²) in [7, 11) is 0. The van der Waals surface area contributed by atoms with E-state index in [0.29, 0.717) is 28.3 Å². The molecule has 0 spiro atoms. The zero-order valence-electron chi connectivity index (χ0n) is 15.6. The highest BCUT2D eigenvalue weighted by atomic mass is 16.6. The number of hydrogen-bond acceptors (Lipinski definition) is 5. The Bertz CT molecular complexity index is 980. The van der Waals surface area contributed by atoms with Crippen LogP contribution >= 0.6 is 0 Å². The number of carbonyl (C=O) groups excluding carboxylic acids is 2. The van der Waals surface area contributed by atoms with E-state index in [9.17, 15) is 19.7 Å². The minimum atomic E-state index is -0.400. The van der Waals surface area contributed by atoms with Crippen LogP contribution in [0.15, 0.2) is 48.0 Å². The second-order valence-electron chi connectivity index (χ2n) is 7.44. The molecule has 2 aliphatic rings. The van der Waals surface area contributed by atoms with Gasteiger partial charge in [0.25, 0.3) is 5.69 Å². The number of nitro groups is 1. The first-order valence-electron chi connectivity index (χ1n) is 9.39. The van der Waals surface area contributed by atoms with Gasteiger partial charge in [-0.25, -0.2) is 0 Å². The molecule has 4 rings (SSSR count). The monoisotopic (exact) mass is 376 g/mol. The molecule has 0 unspecified atom stereocenters. The SMILES string of the molecule is CC1CCN(c2ccc(C=C3C(=O)c4ccccc4C3=O)cc2[N+](=O)[O-])CC1. The molecule has 1 fully saturated rings. The van der Waals surface area contributed by atoms with E-state index >= 15 is 0 Å². The Morgan fingerprint density at radius 1 is 1.04 bits per heavy atom. The molecule has 1 heterocycles. The van der Waals surface area contributed by atoms with Crippen LogP contribution in [-0.2, 0) is 0 Å². The van der Waals surface area contributed by atoms with Crippen molar-refractivity contribution >= 4 is 29.0 Å². The van der Waals surface area contributed by atoms with Crippen LogP contribution in [0.1, 0.15) is 46.0 Å². The lowest BCUT2D eigenvalue weighted by molar-refractivity contribution is -0.384. The summed E-state index contributed by atoms with van der Waals surface area (Å²) < 4.78 is 0. The zero-order chi connectivity index (χ0) is 19.8. The third-order valence-corrected chi connectivity index (χ3v) is 5.54. The maximum absolute atomic E-state index is 12.5. The van der Waals surface area contributed by atoms with E-state index in [1.54, 1.807) is 36.4 Å². The number of nitrogens with zero attached hydrogens (tertiary/aromatic N) is 2. The van der Waals surface area contributed by atoms with Gasteiger partial charge in [-0.05, 0) is 36.5 Å². The molecule has 0 N–H and O–H groups in total. The van der Waals surface area contributed by atoms with E-state index in [0.717, 1.165) is 25.9 Å². The first-order chi connectivity index (χ1) is 13.5. The summed E-state index contributed by atoms with van der Waals surface area (Å²) in [5, 5.41) is 11.6. The van der Waals surface area contributed by atoms with Crippen LogP contribution in [0.4, 0.5) is 11.4 Å². The lowest BCUT2D eigenvalue weighted by Gasteiger charge is -2.31. The van der Waals surface area contributed by atoms with Gasteiger partial charge in [-0.15, -0.1) is 0 Å². The van der Waals surface area contributed by atoms with Crippen LogP contribution in [0.5, 0.6) is 0 Å². The molecule has 6 nitrogen and oxygen atoms in total. The van der Waals surface area contributed by atoms with Gasteiger partial charge in [0.2, 0.25) is 0 Å². The van der Waals surface area contributed by atoms with Gasteiger partial charge in [0.15, 0.2) is 11.6 Å². The number of nitro benzene ring substituents is 1. The first kappa shape index (κ1) is 18.1. The van der Waals surface area contributed by atoms with E-state index in [1.165, 1.54) is 12.1 Å². The number of anilines is 1. The number of ketones is 2. The van der Waals surface area contributed by atoms with E-state index in [2.05, 4.69) is 6.92 Å². The van der Waals surface area contributed by atoms with Crippen molar-refractivity contribution < 1.29 is 14.5 Å². The molecule has 6 heteroatoms. The molecule has 0 atom stereocenters. The molecule has 2 aromatic carbocycles. The number of benzene rings is 2. The quantitative estimate of drug-likeness (QED) is 0.345. The van der Waals surface area contributed by atoms with Gasteiger partial charge >= 0.3 is 0 Å². The highest BCUT2D eigenvalue weighted by molar-refractivity contribution is 6.41. The fourth-order valence-electron chi connectivity index (χ4n) is 3.86. The third kappa shape index (κ3) is 3.11. The Morgan fingerprint density at radius 3 is 2.21 bits per heavy atom. The molecule has 0 radical (unpaired) electrons. The second kappa shape index (κ2) is 7.03. The Labute approximate surface area is 162 Å². The van der Waals surface area contributed by atoms with Crippen molar-refractivity contribution in [1.82, 2.24) is 0 Å². The summed E-state index contributed by atoms with van der Waals surface area (Å²) in [6, 6.07) is 11.6. The Balaban J connectivity index is 1.69. The van der Waals surface area contributed by atoms with Crippen molar-refractivity contribution in [2.45, 2.75) is 19.8 Å². The third-order valence-electron chi connectivity index (χ3n) is 5.54. The predicted molar refractivity (Wildman–Crippen MR) is 107 cm³/mol. The lowest BCUT2D eigenvalue weighted by atomic mass is 9.98. The maximum Gasteiger partial charge on any atom is 0.293 e. The first-order valence-corrected chi connectivity index (χ1v) is 9.39. The van der Waals surface area contributed by atoms with Crippen molar-refractivity contribution in [2.24, 2.45) is 5.92 Å². The number of allylic oxidation sites excluding steroid dienone is 1. The van der Waals surface area contributed by atoms with Crippen LogP contribution in [-0.4, -0.2) is 29.6 Å². The van der Waals surface area contributed by atoms with Gasteiger partial charge < -0.3 is 4.90 Å². The highest BCUT2D eigenvalue weighted by Gasteiger charge is 2.32. The number of Topliss-reactive ketones (excluding diaryl/α,β-unsaturated/α-hetero) is 2. The molecule has 1 saturated heterocycles.